The number of amides is 2. The summed E-state index contributed by atoms with van der Waals surface area (Å²) >= 11 is 0. The summed E-state index contributed by atoms with van der Waals surface area (Å²) < 4.78 is 0. The van der Waals surface area contributed by atoms with Crippen molar-refractivity contribution >= 4 is 28.6 Å². The van der Waals surface area contributed by atoms with Gasteiger partial charge in [0.25, 0.3) is 0 Å². The Hall–Kier alpha value is -3.19. The van der Waals surface area contributed by atoms with E-state index >= 15 is 0 Å². The fraction of sp³-hybridized carbons (Fsp3) is 0.516. The van der Waals surface area contributed by atoms with Crippen LogP contribution in [0.15, 0.2) is 54.1 Å². The van der Waals surface area contributed by atoms with Crippen LogP contribution in [0.1, 0.15) is 61.0 Å². The number of carbonyl (C=O) groups is 3. The van der Waals surface area contributed by atoms with Gasteiger partial charge in [-0.3, -0.25) is 9.59 Å². The molecule has 0 aliphatic rings. The fourth-order valence-electron chi connectivity index (χ4n) is 4.88. The molecule has 0 fully saturated rings. The zero-order chi connectivity index (χ0) is 29.0. The van der Waals surface area contributed by atoms with Gasteiger partial charge in [0.1, 0.15) is 6.04 Å². The predicted molar refractivity (Wildman–Crippen MR) is 154 cm³/mol. The monoisotopic (exact) mass is 523 g/mol. The molecule has 0 radical (unpaired) electrons. The van der Waals surface area contributed by atoms with E-state index in [2.05, 4.69) is 34.9 Å². The Morgan fingerprint density at radius 1 is 0.947 bits per heavy atom. The highest BCUT2D eigenvalue weighted by Crippen LogP contribution is 2.31. The van der Waals surface area contributed by atoms with Gasteiger partial charge in [-0.1, -0.05) is 97.0 Å². The molecule has 7 heteroatoms. The van der Waals surface area contributed by atoms with E-state index in [1.54, 1.807) is 25.1 Å². The predicted octanol–water partition coefficient (Wildman–Crippen LogP) is 4.75. The van der Waals surface area contributed by atoms with Crippen LogP contribution in [-0.4, -0.2) is 60.0 Å². The summed E-state index contributed by atoms with van der Waals surface area (Å²) in [7, 11) is 3.42. The van der Waals surface area contributed by atoms with E-state index in [-0.39, 0.29) is 23.3 Å². The number of carbonyl (C=O) groups excluding carboxylic acids is 2. The van der Waals surface area contributed by atoms with Crippen LogP contribution in [0.25, 0.3) is 10.8 Å². The highest BCUT2D eigenvalue weighted by Gasteiger charge is 2.41. The number of aliphatic carboxylic acids is 1. The Morgan fingerprint density at radius 3 is 2.03 bits per heavy atom. The molecule has 1 unspecified atom stereocenters. The molecule has 0 spiro atoms. The van der Waals surface area contributed by atoms with E-state index < -0.39 is 34.9 Å². The molecule has 38 heavy (non-hydrogen) atoms. The molecule has 0 saturated heterocycles. The van der Waals surface area contributed by atoms with Crippen molar-refractivity contribution in [2.45, 2.75) is 78.9 Å². The van der Waals surface area contributed by atoms with Gasteiger partial charge in [0.15, 0.2) is 0 Å². The molecule has 0 aliphatic carbocycles. The molecule has 2 rings (SSSR count). The Kier molecular flexibility index (Phi) is 9.89. The second kappa shape index (κ2) is 12.1. The minimum absolute atomic E-state index is 0.0218. The fourth-order valence-corrected chi connectivity index (χ4v) is 4.88. The van der Waals surface area contributed by atoms with Gasteiger partial charge in [0.05, 0.1) is 12.1 Å². The van der Waals surface area contributed by atoms with Crippen molar-refractivity contribution in [2.24, 2.45) is 11.3 Å². The molecule has 0 aromatic heterocycles. The zero-order valence-electron chi connectivity index (χ0n) is 24.5. The van der Waals surface area contributed by atoms with Gasteiger partial charge in [0.2, 0.25) is 11.8 Å². The second-order valence-corrected chi connectivity index (χ2v) is 12.2. The van der Waals surface area contributed by atoms with E-state index in [0.717, 1.165) is 16.3 Å². The number of benzene rings is 2. The third kappa shape index (κ3) is 7.01. The van der Waals surface area contributed by atoms with Crippen LogP contribution >= 0.6 is 0 Å². The summed E-state index contributed by atoms with van der Waals surface area (Å²) in [6.07, 6.45) is 1.60. The first kappa shape index (κ1) is 31.0. The van der Waals surface area contributed by atoms with Crippen LogP contribution in [0.3, 0.4) is 0 Å². The zero-order valence-corrected chi connectivity index (χ0v) is 24.5. The van der Waals surface area contributed by atoms with Crippen molar-refractivity contribution in [3.05, 3.63) is 59.7 Å². The van der Waals surface area contributed by atoms with Crippen LogP contribution in [0.2, 0.25) is 0 Å². The number of nitrogens with one attached hydrogen (secondary N) is 2. The molecule has 0 bridgehead atoms. The Labute approximate surface area is 227 Å². The molecule has 0 heterocycles. The molecule has 3 atom stereocenters. The quantitative estimate of drug-likeness (QED) is 0.391. The summed E-state index contributed by atoms with van der Waals surface area (Å²) in [4.78, 5) is 40.6. The lowest BCUT2D eigenvalue weighted by Gasteiger charge is -2.40. The summed E-state index contributed by atoms with van der Waals surface area (Å²) in [5.74, 6) is -1.58. The standard InChI is InChI=1S/C31H45N3O4/c1-19(2)24(17-20(3)29(37)38)34(10)28(36)26(30(4,5)6)33-27(35)25(32-9)31(7,8)23-16-15-21-13-11-12-14-22(21)18-23/h11-19,24-26,32H,1-10H3,(H,33,35)(H,37,38)/b20-17+/t24-,25-,26?/m1/s1. The van der Waals surface area contributed by atoms with Crippen LogP contribution in [0.4, 0.5) is 0 Å². The van der Waals surface area contributed by atoms with E-state index in [4.69, 9.17) is 0 Å². The largest absolute Gasteiger partial charge is 0.478 e. The molecule has 208 valence electrons. The molecular formula is C31H45N3O4. The van der Waals surface area contributed by atoms with Gasteiger partial charge >= 0.3 is 5.97 Å². The first-order valence-corrected chi connectivity index (χ1v) is 13.2. The van der Waals surface area contributed by atoms with Crippen molar-refractivity contribution in [2.75, 3.05) is 14.1 Å². The topological polar surface area (TPSA) is 98.7 Å². The maximum Gasteiger partial charge on any atom is 0.331 e. The SMILES string of the molecule is CN[C@H](C(=O)NC(C(=O)N(C)[C@H](/C=C(\C)C(=O)O)C(C)C)C(C)(C)C)C(C)(C)c1ccc2ccccc2c1. The lowest BCUT2D eigenvalue weighted by Crippen LogP contribution is -2.61. The van der Waals surface area contributed by atoms with Crippen molar-refractivity contribution in [3.8, 4) is 0 Å². The highest BCUT2D eigenvalue weighted by molar-refractivity contribution is 5.92. The normalized spacial score (nSPS) is 15.2. The second-order valence-electron chi connectivity index (χ2n) is 12.2. The molecule has 7 nitrogen and oxygen atoms in total. The van der Waals surface area contributed by atoms with Crippen LogP contribution in [-0.2, 0) is 19.8 Å². The summed E-state index contributed by atoms with van der Waals surface area (Å²) in [6, 6.07) is 12.5. The number of hydrogen-bond acceptors (Lipinski definition) is 4. The molecule has 2 amide bonds. The van der Waals surface area contributed by atoms with Gasteiger partial charge in [-0.2, -0.15) is 0 Å². The number of carboxylic acid groups (broad SMARTS) is 1. The average molecular weight is 524 g/mol. The van der Waals surface area contributed by atoms with Gasteiger partial charge < -0.3 is 20.6 Å². The van der Waals surface area contributed by atoms with Gasteiger partial charge in [-0.05, 0) is 41.6 Å². The number of rotatable bonds is 10. The Balaban J connectivity index is 2.39. The minimum atomic E-state index is -1.02. The van der Waals surface area contributed by atoms with E-state index in [9.17, 15) is 19.5 Å². The van der Waals surface area contributed by atoms with E-state index in [1.807, 2.05) is 66.7 Å². The molecule has 2 aromatic carbocycles. The first-order valence-electron chi connectivity index (χ1n) is 13.2. The van der Waals surface area contributed by atoms with E-state index in [0.29, 0.717) is 0 Å². The van der Waals surface area contributed by atoms with Crippen molar-refractivity contribution < 1.29 is 19.5 Å². The maximum atomic E-state index is 13.8. The molecular weight excluding hydrogens is 478 g/mol. The first-order chi connectivity index (χ1) is 17.5. The third-order valence-corrected chi connectivity index (χ3v) is 7.40. The minimum Gasteiger partial charge on any atom is -0.478 e. The molecule has 3 N–H and O–H groups in total. The van der Waals surface area contributed by atoms with Gasteiger partial charge in [-0.25, -0.2) is 4.79 Å². The van der Waals surface area contributed by atoms with Crippen molar-refractivity contribution in [3.63, 3.8) is 0 Å². The third-order valence-electron chi connectivity index (χ3n) is 7.40. The van der Waals surface area contributed by atoms with Crippen LogP contribution < -0.4 is 10.6 Å². The smallest absolute Gasteiger partial charge is 0.331 e. The number of hydrogen-bond donors (Lipinski definition) is 3. The lowest BCUT2D eigenvalue weighted by molar-refractivity contribution is -0.141. The van der Waals surface area contributed by atoms with Crippen molar-refractivity contribution in [1.29, 1.82) is 0 Å². The van der Waals surface area contributed by atoms with Crippen LogP contribution in [0, 0.1) is 11.3 Å². The average Bonchev–Trinajstić information content (AvgIpc) is 2.83. The Morgan fingerprint density at radius 2 is 1.53 bits per heavy atom. The van der Waals surface area contributed by atoms with Crippen molar-refractivity contribution in [1.82, 2.24) is 15.5 Å². The van der Waals surface area contributed by atoms with Gasteiger partial charge in [-0.15, -0.1) is 0 Å². The number of nitrogens with zero attached hydrogens (tertiary/aromatic N) is 1. The Bertz CT molecular complexity index is 1190. The number of likely N-dealkylation sites (N-methyl/N-ethyl adjacent to an activating group) is 2. The summed E-state index contributed by atoms with van der Waals surface area (Å²) in [5.41, 5.74) is 0.0179. The maximum absolute atomic E-state index is 13.8. The van der Waals surface area contributed by atoms with Gasteiger partial charge in [0, 0.05) is 18.0 Å². The molecule has 0 saturated carbocycles. The van der Waals surface area contributed by atoms with Crippen LogP contribution in [0.5, 0.6) is 0 Å². The summed E-state index contributed by atoms with van der Waals surface area (Å²) in [6.45, 7) is 15.2. The molecule has 0 aliphatic heterocycles. The van der Waals surface area contributed by atoms with E-state index in [1.165, 1.54) is 6.92 Å². The number of fused-ring (bicyclic) bond motifs is 1. The summed E-state index contributed by atoms with van der Waals surface area (Å²) in [5, 5.41) is 17.8. The molecule has 2 aromatic rings. The number of carboxylic acids is 1. The highest BCUT2D eigenvalue weighted by atomic mass is 16.4. The lowest BCUT2D eigenvalue weighted by atomic mass is 9.76.